The molecule has 0 aromatic heterocycles. The highest BCUT2D eigenvalue weighted by Crippen LogP contribution is 2.40. The second-order valence-electron chi connectivity index (χ2n) is 5.68. The fraction of sp³-hybridized carbons (Fsp3) is 0.471. The van der Waals surface area contributed by atoms with Crippen molar-refractivity contribution in [1.82, 2.24) is 0 Å². The van der Waals surface area contributed by atoms with Crippen LogP contribution < -0.4 is 4.74 Å². The number of benzene rings is 1. The normalized spacial score (nSPS) is 16.1. The van der Waals surface area contributed by atoms with E-state index in [0.29, 0.717) is 11.8 Å². The lowest BCUT2D eigenvalue weighted by atomic mass is 9.76. The number of hydrogen-bond donors (Lipinski definition) is 1. The topological polar surface area (TPSA) is 46.5 Å². The van der Waals surface area contributed by atoms with Crippen LogP contribution in [-0.2, 0) is 4.79 Å². The van der Waals surface area contributed by atoms with Crippen molar-refractivity contribution >= 4 is 11.5 Å². The Bertz CT molecular complexity index is 525. The van der Waals surface area contributed by atoms with Gasteiger partial charge < -0.3 is 9.84 Å². The summed E-state index contributed by atoms with van der Waals surface area (Å²) in [5.74, 6) is 0.734. The lowest BCUT2D eigenvalue weighted by molar-refractivity contribution is -0.131. The Morgan fingerprint density at radius 1 is 1.40 bits per heavy atom. The van der Waals surface area contributed by atoms with Crippen molar-refractivity contribution in [1.29, 1.82) is 0 Å². The number of carboxylic acids is 1. The summed E-state index contributed by atoms with van der Waals surface area (Å²) in [6, 6.07) is 5.99. The molecule has 1 saturated carbocycles. The van der Waals surface area contributed by atoms with E-state index in [-0.39, 0.29) is 0 Å². The van der Waals surface area contributed by atoms with Crippen LogP contribution in [0, 0.1) is 5.92 Å². The summed E-state index contributed by atoms with van der Waals surface area (Å²) in [7, 11) is 1.67. The van der Waals surface area contributed by atoms with Gasteiger partial charge in [0.25, 0.3) is 0 Å². The molecule has 0 spiro atoms. The van der Waals surface area contributed by atoms with Gasteiger partial charge in [-0.3, -0.25) is 0 Å². The predicted molar refractivity (Wildman–Crippen MR) is 80.0 cm³/mol. The Morgan fingerprint density at radius 2 is 2.10 bits per heavy atom. The van der Waals surface area contributed by atoms with Gasteiger partial charge in [-0.2, -0.15) is 0 Å². The second kappa shape index (κ2) is 6.12. The van der Waals surface area contributed by atoms with Crippen LogP contribution in [0.4, 0.5) is 0 Å². The van der Waals surface area contributed by atoms with Crippen molar-refractivity contribution in [3.8, 4) is 5.75 Å². The third-order valence-corrected chi connectivity index (χ3v) is 4.01. The molecule has 3 nitrogen and oxygen atoms in total. The number of rotatable bonds is 5. The SMILES string of the molecule is COc1ccc(/C(=C/C(=O)O)C2CCC2)cc1C(C)C. The predicted octanol–water partition coefficient (Wildman–Crippen LogP) is 4.09. The third kappa shape index (κ3) is 3.03. The molecular weight excluding hydrogens is 252 g/mol. The minimum absolute atomic E-state index is 0.345. The maximum atomic E-state index is 11.1. The van der Waals surface area contributed by atoms with Crippen molar-refractivity contribution < 1.29 is 14.6 Å². The van der Waals surface area contributed by atoms with Crippen LogP contribution in [0.3, 0.4) is 0 Å². The smallest absolute Gasteiger partial charge is 0.328 e. The molecule has 0 radical (unpaired) electrons. The Hall–Kier alpha value is -1.77. The van der Waals surface area contributed by atoms with Crippen LogP contribution in [-0.4, -0.2) is 18.2 Å². The Morgan fingerprint density at radius 3 is 2.55 bits per heavy atom. The van der Waals surface area contributed by atoms with Crippen LogP contribution in [0.1, 0.15) is 50.2 Å². The Balaban J connectivity index is 2.43. The number of allylic oxidation sites excluding steroid dienone is 1. The second-order valence-corrected chi connectivity index (χ2v) is 5.68. The van der Waals surface area contributed by atoms with Crippen LogP contribution in [0.5, 0.6) is 5.75 Å². The molecule has 1 aromatic rings. The van der Waals surface area contributed by atoms with Gasteiger partial charge in [0.1, 0.15) is 5.75 Å². The first-order valence-corrected chi connectivity index (χ1v) is 7.15. The standard InChI is InChI=1S/C17H22O3/c1-11(2)14-9-13(7-8-16(14)20-3)15(10-17(18)19)12-5-4-6-12/h7-12H,4-6H2,1-3H3,(H,18,19)/b15-10+. The molecule has 0 heterocycles. The monoisotopic (exact) mass is 274 g/mol. The summed E-state index contributed by atoms with van der Waals surface area (Å²) in [6.07, 6.45) is 4.73. The van der Waals surface area contributed by atoms with E-state index < -0.39 is 5.97 Å². The zero-order valence-electron chi connectivity index (χ0n) is 12.3. The summed E-state index contributed by atoms with van der Waals surface area (Å²) < 4.78 is 5.39. The average Bonchev–Trinajstić information content (AvgIpc) is 2.34. The zero-order chi connectivity index (χ0) is 14.7. The molecule has 20 heavy (non-hydrogen) atoms. The van der Waals surface area contributed by atoms with E-state index in [1.165, 1.54) is 12.5 Å². The molecule has 1 aromatic carbocycles. The summed E-state index contributed by atoms with van der Waals surface area (Å²) in [5.41, 5.74) is 3.09. The van der Waals surface area contributed by atoms with E-state index in [4.69, 9.17) is 9.84 Å². The molecule has 0 bridgehead atoms. The molecule has 0 aliphatic heterocycles. The van der Waals surface area contributed by atoms with Crippen molar-refractivity contribution in [2.75, 3.05) is 7.11 Å². The first-order valence-electron chi connectivity index (χ1n) is 7.15. The molecule has 3 heteroatoms. The summed E-state index contributed by atoms with van der Waals surface area (Å²) in [6.45, 7) is 4.23. The van der Waals surface area contributed by atoms with Crippen LogP contribution >= 0.6 is 0 Å². The van der Waals surface area contributed by atoms with Gasteiger partial charge in [-0.25, -0.2) is 4.79 Å². The molecule has 108 valence electrons. The maximum Gasteiger partial charge on any atom is 0.328 e. The molecule has 0 amide bonds. The number of aliphatic carboxylic acids is 1. The van der Waals surface area contributed by atoms with Gasteiger partial charge in [-0.1, -0.05) is 26.3 Å². The van der Waals surface area contributed by atoms with E-state index in [2.05, 4.69) is 19.9 Å². The van der Waals surface area contributed by atoms with Crippen LogP contribution in [0.15, 0.2) is 24.3 Å². The van der Waals surface area contributed by atoms with E-state index in [1.54, 1.807) is 7.11 Å². The highest BCUT2D eigenvalue weighted by molar-refractivity contribution is 5.91. The van der Waals surface area contributed by atoms with Crippen molar-refractivity contribution in [3.05, 3.63) is 35.4 Å². The van der Waals surface area contributed by atoms with Gasteiger partial charge in [0.15, 0.2) is 0 Å². The van der Waals surface area contributed by atoms with Gasteiger partial charge in [-0.05, 0) is 53.5 Å². The maximum absolute atomic E-state index is 11.1. The number of hydrogen-bond acceptors (Lipinski definition) is 2. The van der Waals surface area contributed by atoms with Crippen molar-refractivity contribution in [3.63, 3.8) is 0 Å². The molecule has 1 fully saturated rings. The Labute approximate surface area is 120 Å². The lowest BCUT2D eigenvalue weighted by Gasteiger charge is -2.29. The van der Waals surface area contributed by atoms with E-state index in [0.717, 1.165) is 35.3 Å². The molecule has 0 saturated heterocycles. The quantitative estimate of drug-likeness (QED) is 0.823. The molecule has 1 N–H and O–H groups in total. The molecule has 2 rings (SSSR count). The summed E-state index contributed by atoms with van der Waals surface area (Å²) >= 11 is 0. The fourth-order valence-electron chi connectivity index (χ4n) is 2.65. The number of methoxy groups -OCH3 is 1. The average molecular weight is 274 g/mol. The van der Waals surface area contributed by atoms with Crippen molar-refractivity contribution in [2.24, 2.45) is 5.92 Å². The highest BCUT2D eigenvalue weighted by atomic mass is 16.5. The minimum Gasteiger partial charge on any atom is -0.496 e. The molecule has 0 unspecified atom stereocenters. The van der Waals surface area contributed by atoms with E-state index in [9.17, 15) is 4.79 Å². The van der Waals surface area contributed by atoms with Crippen LogP contribution in [0.2, 0.25) is 0 Å². The molecule has 1 aliphatic rings. The summed E-state index contributed by atoms with van der Waals surface area (Å²) in [4.78, 5) is 11.1. The number of ether oxygens (including phenoxy) is 1. The highest BCUT2D eigenvalue weighted by Gasteiger charge is 2.24. The first kappa shape index (κ1) is 14.6. The van der Waals surface area contributed by atoms with Gasteiger partial charge in [0.2, 0.25) is 0 Å². The van der Waals surface area contributed by atoms with Gasteiger partial charge in [-0.15, -0.1) is 0 Å². The first-order chi connectivity index (χ1) is 9.52. The zero-order valence-corrected chi connectivity index (χ0v) is 12.3. The number of carbonyl (C=O) groups is 1. The van der Waals surface area contributed by atoms with Gasteiger partial charge in [0.05, 0.1) is 7.11 Å². The minimum atomic E-state index is -0.867. The molecular formula is C17H22O3. The lowest BCUT2D eigenvalue weighted by Crippen LogP contribution is -2.14. The van der Waals surface area contributed by atoms with Gasteiger partial charge in [0, 0.05) is 6.08 Å². The van der Waals surface area contributed by atoms with Gasteiger partial charge >= 0.3 is 5.97 Å². The van der Waals surface area contributed by atoms with E-state index in [1.807, 2.05) is 12.1 Å². The Kier molecular flexibility index (Phi) is 4.48. The number of carboxylic acid groups (broad SMARTS) is 1. The molecule has 0 atom stereocenters. The van der Waals surface area contributed by atoms with Crippen molar-refractivity contribution in [2.45, 2.75) is 39.0 Å². The summed E-state index contributed by atoms with van der Waals surface area (Å²) in [5, 5.41) is 9.09. The fourth-order valence-corrected chi connectivity index (χ4v) is 2.65. The van der Waals surface area contributed by atoms with Crippen LogP contribution in [0.25, 0.3) is 5.57 Å². The molecule has 1 aliphatic carbocycles. The third-order valence-electron chi connectivity index (χ3n) is 4.01. The largest absolute Gasteiger partial charge is 0.496 e. The van der Waals surface area contributed by atoms with E-state index >= 15 is 0 Å².